The van der Waals surface area contributed by atoms with E-state index in [9.17, 15) is 58.2 Å². The zero-order valence-electron chi connectivity index (χ0n) is 38.7. The van der Waals surface area contributed by atoms with Gasteiger partial charge in [-0.2, -0.15) is 0 Å². The van der Waals surface area contributed by atoms with Gasteiger partial charge >= 0.3 is 23.9 Å². The minimum absolute atomic E-state index is 0.0384. The minimum Gasteiger partial charge on any atom is -0.494 e. The largest absolute Gasteiger partial charge is 0.494 e. The van der Waals surface area contributed by atoms with E-state index in [1.54, 1.807) is 12.1 Å². The van der Waals surface area contributed by atoms with Crippen LogP contribution in [0.15, 0.2) is 24.3 Å². The van der Waals surface area contributed by atoms with Gasteiger partial charge in [-0.1, -0.05) is 32.1 Å². The third-order valence-corrected chi connectivity index (χ3v) is 9.67. The second-order valence-electron chi connectivity index (χ2n) is 15.4. The van der Waals surface area contributed by atoms with E-state index in [2.05, 4.69) is 26.6 Å². The molecule has 69 heavy (non-hydrogen) atoms. The fourth-order valence-electron chi connectivity index (χ4n) is 5.97. The van der Waals surface area contributed by atoms with E-state index in [1.165, 1.54) is 12.1 Å². The molecule has 1 aromatic rings. The lowest BCUT2D eigenvalue weighted by Gasteiger charge is -2.16. The summed E-state index contributed by atoms with van der Waals surface area (Å²) in [6.45, 7) is 0.523. The van der Waals surface area contributed by atoms with Gasteiger partial charge in [0.2, 0.25) is 35.4 Å². The van der Waals surface area contributed by atoms with Gasteiger partial charge in [-0.15, -0.1) is 0 Å². The molecule has 25 heteroatoms. The van der Waals surface area contributed by atoms with Crippen LogP contribution in [0.25, 0.3) is 0 Å². The highest BCUT2D eigenvalue weighted by molar-refractivity contribution is 5.88. The van der Waals surface area contributed by atoms with E-state index < -0.39 is 90.5 Å². The molecule has 0 aliphatic carbocycles. The number of nitrogens with two attached hydrogens (primary N) is 1. The quantitative estimate of drug-likeness (QED) is 0.0376. The number of carbonyl (C=O) groups is 10. The molecule has 388 valence electrons. The van der Waals surface area contributed by atoms with Crippen molar-refractivity contribution in [1.29, 1.82) is 0 Å². The number of nitrogens with one attached hydrogen (secondary N) is 5. The van der Waals surface area contributed by atoms with Gasteiger partial charge in [0, 0.05) is 38.8 Å². The molecule has 0 heterocycles. The van der Waals surface area contributed by atoms with E-state index in [4.69, 9.17) is 39.6 Å². The highest BCUT2D eigenvalue weighted by Gasteiger charge is 2.25. The summed E-state index contributed by atoms with van der Waals surface area (Å²) in [5.74, 6) is -7.97. The monoisotopic (exact) mass is 984 g/mol. The number of benzene rings is 1. The molecule has 11 N–H and O–H groups in total. The average molecular weight is 985 g/mol. The molecule has 0 radical (unpaired) electrons. The third-order valence-electron chi connectivity index (χ3n) is 9.67. The number of unbranched alkanes of at least 4 members (excludes halogenated alkanes) is 6. The normalized spacial score (nSPS) is 12.1. The number of carboxylic acids is 4. The molecule has 0 aliphatic heterocycles. The molecule has 0 aromatic heterocycles. The molecule has 0 saturated carbocycles. The van der Waals surface area contributed by atoms with Crippen LogP contribution >= 0.6 is 0 Å². The highest BCUT2D eigenvalue weighted by atomic mass is 16.5. The number of rotatable bonds is 43. The Balaban J connectivity index is 2.02. The first-order chi connectivity index (χ1) is 33.0. The summed E-state index contributed by atoms with van der Waals surface area (Å²) in [4.78, 5) is 117. The van der Waals surface area contributed by atoms with Crippen molar-refractivity contribution in [2.75, 3.05) is 72.6 Å². The molecular formula is C44H68N6O19. The van der Waals surface area contributed by atoms with Crippen LogP contribution in [0.1, 0.15) is 100 Å². The maximum atomic E-state index is 12.3. The van der Waals surface area contributed by atoms with Gasteiger partial charge in [0.15, 0.2) is 0 Å². The summed E-state index contributed by atoms with van der Waals surface area (Å²) in [7, 11) is 0. The van der Waals surface area contributed by atoms with Crippen LogP contribution in [-0.4, -0.2) is 170 Å². The van der Waals surface area contributed by atoms with Crippen molar-refractivity contribution in [2.24, 2.45) is 5.73 Å². The summed E-state index contributed by atoms with van der Waals surface area (Å²) in [5, 5.41) is 49.0. The van der Waals surface area contributed by atoms with Crippen LogP contribution in [0.2, 0.25) is 0 Å². The SMILES string of the molecule is NC(=O)CCC(NC(=O)CCC(NC(=O)COCCOCCNC(=O)COCCOCCNC(=O)CCC(NC(=O)CCCCCCCCCOc1ccc(C(=O)O)cc1)C(=O)O)C(=O)O)C(=O)O. The lowest BCUT2D eigenvalue weighted by atomic mass is 10.1. The molecule has 0 spiro atoms. The lowest BCUT2D eigenvalue weighted by Crippen LogP contribution is -2.45. The van der Waals surface area contributed by atoms with Gasteiger partial charge < -0.3 is 76.4 Å². The Labute approximate surface area is 399 Å². The molecule has 0 bridgehead atoms. The molecule has 1 aromatic carbocycles. The van der Waals surface area contributed by atoms with Crippen LogP contribution in [0.3, 0.4) is 0 Å². The summed E-state index contributed by atoms with van der Waals surface area (Å²) in [5.41, 5.74) is 5.20. The number of aromatic carboxylic acids is 1. The van der Waals surface area contributed by atoms with E-state index in [-0.39, 0.29) is 103 Å². The molecule has 6 amide bonds. The number of hydrogen-bond donors (Lipinski definition) is 10. The first-order valence-corrected chi connectivity index (χ1v) is 22.6. The fourth-order valence-corrected chi connectivity index (χ4v) is 5.97. The molecule has 0 saturated heterocycles. The van der Waals surface area contributed by atoms with Gasteiger partial charge in [-0.3, -0.25) is 28.8 Å². The molecule has 3 atom stereocenters. The minimum atomic E-state index is -1.46. The van der Waals surface area contributed by atoms with Gasteiger partial charge in [-0.25, -0.2) is 19.2 Å². The summed E-state index contributed by atoms with van der Waals surface area (Å²) in [6.07, 6.45) is 4.85. The Morgan fingerprint density at radius 2 is 0.870 bits per heavy atom. The van der Waals surface area contributed by atoms with Gasteiger partial charge in [-0.05, 0) is 56.4 Å². The van der Waals surface area contributed by atoms with Gasteiger partial charge in [0.1, 0.15) is 37.1 Å². The van der Waals surface area contributed by atoms with Crippen molar-refractivity contribution in [3.05, 3.63) is 29.8 Å². The van der Waals surface area contributed by atoms with Crippen molar-refractivity contribution < 1.29 is 92.1 Å². The molecule has 1 rings (SSSR count). The summed E-state index contributed by atoms with van der Waals surface area (Å²) in [6, 6.07) is 2.19. The van der Waals surface area contributed by atoms with Crippen LogP contribution < -0.4 is 37.1 Å². The average Bonchev–Trinajstić information content (AvgIpc) is 3.29. The number of amides is 6. The predicted octanol–water partition coefficient (Wildman–Crippen LogP) is -0.283. The van der Waals surface area contributed by atoms with Crippen molar-refractivity contribution in [2.45, 2.75) is 108 Å². The zero-order valence-corrected chi connectivity index (χ0v) is 38.7. The zero-order chi connectivity index (χ0) is 51.2. The van der Waals surface area contributed by atoms with Crippen molar-refractivity contribution in [3.63, 3.8) is 0 Å². The highest BCUT2D eigenvalue weighted by Crippen LogP contribution is 2.14. The number of ether oxygens (including phenoxy) is 5. The molecule has 25 nitrogen and oxygen atoms in total. The standard InChI is InChI=1S/C44H68N6O19/c45-35(51)16-13-32(42(59)60)49-38(54)18-15-34(44(63)64)50-40(56)29-68-27-25-66-23-20-47-39(55)28-67-26-24-65-22-19-46-36(52)17-14-33(43(61)62)48-37(53)8-6-4-2-1-3-5-7-21-69-31-11-9-30(10-12-31)41(57)58/h9-12,32-34H,1-8,13-29H2,(H2,45,51)(H,46,52)(H,47,55)(H,48,53)(H,49,54)(H,50,56)(H,57,58)(H,59,60)(H,61,62)(H,63,64). The van der Waals surface area contributed by atoms with E-state index >= 15 is 0 Å². The van der Waals surface area contributed by atoms with Crippen LogP contribution in [-0.2, 0) is 62.1 Å². The molecular weight excluding hydrogens is 917 g/mol. The summed E-state index contributed by atoms with van der Waals surface area (Å²) >= 11 is 0. The van der Waals surface area contributed by atoms with Crippen LogP contribution in [0.5, 0.6) is 5.75 Å². The molecule has 0 aliphatic rings. The van der Waals surface area contributed by atoms with Crippen molar-refractivity contribution >= 4 is 59.3 Å². The second-order valence-corrected chi connectivity index (χ2v) is 15.4. The molecule has 3 unspecified atom stereocenters. The smallest absolute Gasteiger partial charge is 0.335 e. The predicted molar refractivity (Wildman–Crippen MR) is 241 cm³/mol. The second kappa shape index (κ2) is 37.5. The molecule has 0 fully saturated rings. The number of hydrogen-bond acceptors (Lipinski definition) is 15. The third kappa shape index (κ3) is 32.8. The topological polar surface area (TPSA) is 384 Å². The first-order valence-electron chi connectivity index (χ1n) is 22.6. The fraction of sp³-hybridized carbons (Fsp3) is 0.636. The lowest BCUT2D eigenvalue weighted by molar-refractivity contribution is -0.144. The number of carboxylic acid groups (broad SMARTS) is 4. The number of primary amides is 1. The van der Waals surface area contributed by atoms with Gasteiger partial charge in [0.05, 0.1) is 51.8 Å². The number of aliphatic carboxylic acids is 3. The summed E-state index contributed by atoms with van der Waals surface area (Å²) < 4.78 is 26.7. The van der Waals surface area contributed by atoms with E-state index in [0.29, 0.717) is 18.8 Å². The first kappa shape index (κ1) is 60.6. The van der Waals surface area contributed by atoms with Crippen LogP contribution in [0, 0.1) is 0 Å². The maximum absolute atomic E-state index is 12.3. The van der Waals surface area contributed by atoms with Gasteiger partial charge in [0.25, 0.3) is 0 Å². The van der Waals surface area contributed by atoms with Crippen molar-refractivity contribution in [3.8, 4) is 5.75 Å². The van der Waals surface area contributed by atoms with Crippen molar-refractivity contribution in [1.82, 2.24) is 26.6 Å². The Morgan fingerprint density at radius 3 is 1.38 bits per heavy atom. The maximum Gasteiger partial charge on any atom is 0.335 e. The van der Waals surface area contributed by atoms with E-state index in [1.807, 2.05) is 0 Å². The Hall–Kier alpha value is -6.44. The number of carbonyl (C=O) groups excluding carboxylic acids is 6. The van der Waals surface area contributed by atoms with Crippen LogP contribution in [0.4, 0.5) is 0 Å². The Morgan fingerprint density at radius 1 is 0.449 bits per heavy atom. The Kier molecular flexibility index (Phi) is 32.9. The Bertz CT molecular complexity index is 1770. The van der Waals surface area contributed by atoms with E-state index in [0.717, 1.165) is 38.5 Å².